The number of rotatable bonds is 6. The average molecular weight is 281 g/mol. The Labute approximate surface area is 118 Å². The van der Waals surface area contributed by atoms with E-state index in [9.17, 15) is 4.21 Å². The fourth-order valence-corrected chi connectivity index (χ4v) is 3.24. The zero-order chi connectivity index (χ0) is 13.7. The summed E-state index contributed by atoms with van der Waals surface area (Å²) in [6, 6.07) is 6.73. The van der Waals surface area contributed by atoms with Gasteiger partial charge in [0, 0.05) is 34.9 Å². The number of hydrogen-bond donors (Lipinski definition) is 1. The van der Waals surface area contributed by atoms with Gasteiger partial charge in [-0.1, -0.05) is 13.0 Å². The lowest BCUT2D eigenvalue weighted by Crippen LogP contribution is -2.28. The second kappa shape index (κ2) is 7.06. The molecule has 1 aromatic rings. The molecule has 2 rings (SSSR count). The van der Waals surface area contributed by atoms with E-state index < -0.39 is 10.8 Å². The number of fused-ring (bicyclic) bond motifs is 1. The summed E-state index contributed by atoms with van der Waals surface area (Å²) in [7, 11) is 1.02. The molecule has 0 aliphatic heterocycles. The molecule has 19 heavy (non-hydrogen) atoms. The van der Waals surface area contributed by atoms with Crippen LogP contribution in [-0.4, -0.2) is 29.4 Å². The molecule has 0 bridgehead atoms. The third-order valence-electron chi connectivity index (χ3n) is 3.71. The zero-order valence-corrected chi connectivity index (χ0v) is 12.6. The lowest BCUT2D eigenvalue weighted by molar-refractivity contribution is 0.409. The fraction of sp³-hybridized carbons (Fsp3) is 0.600. The van der Waals surface area contributed by atoms with Gasteiger partial charge >= 0.3 is 0 Å². The largest absolute Gasteiger partial charge is 0.497 e. The SMILES string of the molecule is CCS(=O)CCNC1CCCc2ccc(OC)cc21. The summed E-state index contributed by atoms with van der Waals surface area (Å²) in [5, 5.41) is 3.55. The van der Waals surface area contributed by atoms with Gasteiger partial charge in [-0.2, -0.15) is 0 Å². The van der Waals surface area contributed by atoms with Crippen molar-refractivity contribution in [3.8, 4) is 5.75 Å². The Morgan fingerprint density at radius 1 is 1.47 bits per heavy atom. The van der Waals surface area contributed by atoms with Crippen LogP contribution < -0.4 is 10.1 Å². The third-order valence-corrected chi connectivity index (χ3v) is 5.01. The molecule has 0 spiro atoms. The molecule has 1 aliphatic carbocycles. The molecule has 2 unspecified atom stereocenters. The quantitative estimate of drug-likeness (QED) is 0.870. The Morgan fingerprint density at radius 3 is 3.05 bits per heavy atom. The molecule has 1 aliphatic rings. The predicted octanol–water partition coefficient (Wildman–Crippen LogP) is 2.43. The predicted molar refractivity (Wildman–Crippen MR) is 80.2 cm³/mol. The number of hydrogen-bond acceptors (Lipinski definition) is 3. The highest BCUT2D eigenvalue weighted by Crippen LogP contribution is 2.32. The summed E-state index contributed by atoms with van der Waals surface area (Å²) >= 11 is 0. The third kappa shape index (κ3) is 3.80. The lowest BCUT2D eigenvalue weighted by Gasteiger charge is -2.27. The van der Waals surface area contributed by atoms with Gasteiger partial charge in [0.05, 0.1) is 7.11 Å². The highest BCUT2D eigenvalue weighted by molar-refractivity contribution is 7.84. The molecule has 0 saturated carbocycles. The Bertz CT molecular complexity index is 448. The van der Waals surface area contributed by atoms with E-state index in [4.69, 9.17) is 4.74 Å². The molecule has 0 amide bonds. The average Bonchev–Trinajstić information content (AvgIpc) is 2.46. The molecule has 1 N–H and O–H groups in total. The van der Waals surface area contributed by atoms with Crippen LogP contribution in [0.4, 0.5) is 0 Å². The number of benzene rings is 1. The second-order valence-corrected chi connectivity index (χ2v) is 6.76. The first kappa shape index (κ1) is 14.5. The number of ether oxygens (including phenoxy) is 1. The number of aryl methyl sites for hydroxylation is 1. The highest BCUT2D eigenvalue weighted by Gasteiger charge is 2.20. The molecular weight excluding hydrogens is 258 g/mol. The fourth-order valence-electron chi connectivity index (χ4n) is 2.61. The van der Waals surface area contributed by atoms with Gasteiger partial charge in [-0.3, -0.25) is 4.21 Å². The molecule has 0 heterocycles. The molecule has 0 radical (unpaired) electrons. The maximum atomic E-state index is 11.5. The smallest absolute Gasteiger partial charge is 0.119 e. The maximum Gasteiger partial charge on any atom is 0.119 e. The van der Waals surface area contributed by atoms with Crippen LogP contribution in [0.1, 0.15) is 36.9 Å². The van der Waals surface area contributed by atoms with Crippen molar-refractivity contribution in [1.82, 2.24) is 5.32 Å². The molecular formula is C15H23NO2S. The van der Waals surface area contributed by atoms with Crippen LogP contribution in [0.25, 0.3) is 0 Å². The minimum atomic E-state index is -0.682. The highest BCUT2D eigenvalue weighted by atomic mass is 32.2. The van der Waals surface area contributed by atoms with Crippen molar-refractivity contribution in [1.29, 1.82) is 0 Å². The number of methoxy groups -OCH3 is 1. The molecule has 3 nitrogen and oxygen atoms in total. The molecule has 0 fully saturated rings. The van der Waals surface area contributed by atoms with Gasteiger partial charge in [0.15, 0.2) is 0 Å². The van der Waals surface area contributed by atoms with E-state index in [0.29, 0.717) is 6.04 Å². The van der Waals surface area contributed by atoms with Crippen LogP contribution in [-0.2, 0) is 17.2 Å². The van der Waals surface area contributed by atoms with Gasteiger partial charge in [0.25, 0.3) is 0 Å². The summed E-state index contributed by atoms with van der Waals surface area (Å²) in [5.74, 6) is 2.41. The summed E-state index contributed by atoms with van der Waals surface area (Å²) in [6.07, 6.45) is 3.52. The van der Waals surface area contributed by atoms with Crippen molar-refractivity contribution in [3.05, 3.63) is 29.3 Å². The van der Waals surface area contributed by atoms with Crippen molar-refractivity contribution in [2.75, 3.05) is 25.2 Å². The van der Waals surface area contributed by atoms with E-state index in [1.54, 1.807) is 7.11 Å². The van der Waals surface area contributed by atoms with Crippen molar-refractivity contribution < 1.29 is 8.95 Å². The van der Waals surface area contributed by atoms with Crippen molar-refractivity contribution >= 4 is 10.8 Å². The van der Waals surface area contributed by atoms with Gasteiger partial charge in [0.2, 0.25) is 0 Å². The summed E-state index contributed by atoms with van der Waals surface area (Å²) in [5.41, 5.74) is 2.77. The maximum absolute atomic E-state index is 11.5. The Morgan fingerprint density at radius 2 is 2.32 bits per heavy atom. The normalized spacial score (nSPS) is 19.8. The molecule has 4 heteroatoms. The Kier molecular flexibility index (Phi) is 5.40. The first-order valence-corrected chi connectivity index (χ1v) is 8.48. The van der Waals surface area contributed by atoms with Crippen LogP contribution in [0.2, 0.25) is 0 Å². The molecule has 0 aromatic heterocycles. The standard InChI is InChI=1S/C15H23NO2S/c1-3-19(17)10-9-16-15-6-4-5-12-7-8-13(18-2)11-14(12)15/h7-8,11,15-16H,3-6,9-10H2,1-2H3. The molecule has 1 aromatic carbocycles. The van der Waals surface area contributed by atoms with Gasteiger partial charge in [-0.15, -0.1) is 0 Å². The van der Waals surface area contributed by atoms with E-state index in [2.05, 4.69) is 17.4 Å². The van der Waals surface area contributed by atoms with Gasteiger partial charge in [0.1, 0.15) is 5.75 Å². The topological polar surface area (TPSA) is 38.3 Å². The van der Waals surface area contributed by atoms with E-state index >= 15 is 0 Å². The van der Waals surface area contributed by atoms with Crippen molar-refractivity contribution in [2.24, 2.45) is 0 Å². The molecule has 106 valence electrons. The van der Waals surface area contributed by atoms with Crippen LogP contribution in [0.3, 0.4) is 0 Å². The Hall–Kier alpha value is -0.870. The summed E-state index contributed by atoms with van der Waals surface area (Å²) in [6.45, 7) is 2.79. The summed E-state index contributed by atoms with van der Waals surface area (Å²) < 4.78 is 16.8. The van der Waals surface area contributed by atoms with Crippen LogP contribution in [0.15, 0.2) is 18.2 Å². The minimum Gasteiger partial charge on any atom is -0.497 e. The number of nitrogens with one attached hydrogen (secondary N) is 1. The zero-order valence-electron chi connectivity index (χ0n) is 11.8. The minimum absolute atomic E-state index is 0.382. The van der Waals surface area contributed by atoms with Gasteiger partial charge < -0.3 is 10.1 Å². The Balaban J connectivity index is 2.02. The molecule has 0 saturated heterocycles. The lowest BCUT2D eigenvalue weighted by atomic mass is 9.87. The van der Waals surface area contributed by atoms with Gasteiger partial charge in [-0.25, -0.2) is 0 Å². The second-order valence-electron chi connectivity index (χ2n) is 4.90. The van der Waals surface area contributed by atoms with Crippen LogP contribution >= 0.6 is 0 Å². The van der Waals surface area contributed by atoms with E-state index in [1.165, 1.54) is 17.5 Å². The van der Waals surface area contributed by atoms with E-state index in [-0.39, 0.29) is 0 Å². The van der Waals surface area contributed by atoms with E-state index in [0.717, 1.165) is 36.6 Å². The molecule has 2 atom stereocenters. The van der Waals surface area contributed by atoms with Crippen LogP contribution in [0.5, 0.6) is 5.75 Å². The first-order valence-electron chi connectivity index (χ1n) is 6.99. The van der Waals surface area contributed by atoms with Crippen molar-refractivity contribution in [3.63, 3.8) is 0 Å². The van der Waals surface area contributed by atoms with Crippen LogP contribution in [0, 0.1) is 0 Å². The summed E-state index contributed by atoms with van der Waals surface area (Å²) in [4.78, 5) is 0. The first-order chi connectivity index (χ1) is 9.24. The van der Waals surface area contributed by atoms with Gasteiger partial charge in [-0.05, 0) is 42.5 Å². The van der Waals surface area contributed by atoms with Crippen molar-refractivity contribution in [2.45, 2.75) is 32.2 Å². The van der Waals surface area contributed by atoms with E-state index in [1.807, 2.05) is 13.0 Å². The monoisotopic (exact) mass is 281 g/mol.